The Morgan fingerprint density at radius 3 is 1.05 bits per heavy atom. The molecule has 4 atom stereocenters. The molecule has 0 spiro atoms. The zero-order valence-corrected chi connectivity index (χ0v) is 71.3. The molecular weight excluding hydrogens is 1220 g/mol. The van der Waals surface area contributed by atoms with E-state index in [-0.39, 0.29) is 5.54 Å². The van der Waals surface area contributed by atoms with Gasteiger partial charge in [-0.15, -0.1) is 0 Å². The number of hydrogen-bond donors (Lipinski definition) is 10. The van der Waals surface area contributed by atoms with Gasteiger partial charge < -0.3 is 58.9 Å². The monoisotopic (exact) mass is 1400 g/mol. The van der Waals surface area contributed by atoms with Gasteiger partial charge >= 0.3 is 0 Å². The second-order valence-electron chi connectivity index (χ2n) is 40.7. The van der Waals surface area contributed by atoms with Crippen LogP contribution in [0.1, 0.15) is 295 Å². The van der Waals surface area contributed by atoms with Gasteiger partial charge in [-0.3, -0.25) is 9.97 Å². The zero-order chi connectivity index (χ0) is 74.5. The van der Waals surface area contributed by atoms with Crippen LogP contribution in [-0.2, 0) is 9.47 Å². The van der Waals surface area contributed by atoms with Crippen molar-refractivity contribution in [1.29, 1.82) is 0 Å². The van der Waals surface area contributed by atoms with E-state index in [1.165, 1.54) is 217 Å². The normalized spacial score (nSPS) is 25.4. The number of hydrogen-bond acceptors (Lipinski definition) is 5. The van der Waals surface area contributed by atoms with Gasteiger partial charge in [-0.05, 0) is 264 Å². The van der Waals surface area contributed by atoms with Gasteiger partial charge in [0.05, 0.1) is 142 Å². The standard InChI is InChI=1S/C13H20N2.C12H23N.C10H16N2.C10H21N.C9H19N.C8H18N2.C8H17NO.C8H17N.C7H15NO/c1-13(2,3)15-9-5-7-12(15)11-6-4-8-14-10-11;1-12(2,3)13-8-10-4-5-11(9-13)7-6-10;1-10(2,3)12(4)9-5-7-11-8-6-9;1-10(2,3)11-8-6-4-5-7-9-11;1-9(2,3)10-7-5-4-6-8-10;1-8(2,3)10-6-4-9-5-7-10;1-8(2,3)9-4-6-10-7-5-9;1-8(2,3)9-6-4-5-7-9;1-7(2,3)8-4-5-9-6-8/h4,6,8,10,12H,5,7,9H2,1-3H3;10-11H,4-9H2,1-3H3;5-8H,1-4H3;4-9H2,1-3H3;4-8H2,1-3H3;9H,4-7H2,1-3H3;4-7H2,1-3H3;4-7H2,1-3H3;4-6H2,1-3H3/p+9. The highest BCUT2D eigenvalue weighted by molar-refractivity contribution is 5.25. The third-order valence-corrected chi connectivity index (χ3v) is 23.6. The molecule has 2 aromatic heterocycles. The molecule has 9 saturated heterocycles. The molecule has 12 rings (SSSR count). The van der Waals surface area contributed by atoms with Gasteiger partial charge in [0, 0.05) is 93.1 Å². The van der Waals surface area contributed by atoms with Crippen molar-refractivity contribution in [3.8, 4) is 0 Å². The number of quaternary nitrogens is 9. The molecule has 0 aromatic carbocycles. The lowest BCUT2D eigenvalue weighted by atomic mass is 9.84. The molecular formula is C85H175N12O2+9. The third-order valence-electron chi connectivity index (χ3n) is 23.6. The van der Waals surface area contributed by atoms with Gasteiger partial charge in [0.2, 0.25) is 0 Å². The lowest BCUT2D eigenvalue weighted by molar-refractivity contribution is -0.963. The molecule has 10 aliphatic rings. The van der Waals surface area contributed by atoms with Gasteiger partial charge in [-0.1, -0.05) is 6.07 Å². The predicted octanol–water partition coefficient (Wildman–Crippen LogP) is 5.31. The molecule has 0 amide bonds. The lowest BCUT2D eigenvalue weighted by Gasteiger charge is -2.35. The van der Waals surface area contributed by atoms with Crippen molar-refractivity contribution in [1.82, 2.24) is 15.3 Å². The van der Waals surface area contributed by atoms with E-state index in [2.05, 4.69) is 227 Å². The van der Waals surface area contributed by atoms with Crippen molar-refractivity contribution in [3.63, 3.8) is 0 Å². The zero-order valence-electron chi connectivity index (χ0n) is 71.3. The van der Waals surface area contributed by atoms with Crippen molar-refractivity contribution in [2.24, 2.45) is 11.8 Å². The molecule has 1 aliphatic carbocycles. The number of rotatable bonds is 2. The maximum atomic E-state index is 5.27. The Morgan fingerprint density at radius 2 is 0.727 bits per heavy atom. The summed E-state index contributed by atoms with van der Waals surface area (Å²) < 4.78 is 10.5. The number of aromatic nitrogens is 2. The summed E-state index contributed by atoms with van der Waals surface area (Å²) in [6.07, 6.45) is 29.3. The minimum Gasteiger partial charge on any atom is -0.370 e. The summed E-state index contributed by atoms with van der Waals surface area (Å²) in [4.78, 5) is 23.5. The van der Waals surface area contributed by atoms with E-state index in [4.69, 9.17) is 9.47 Å². The highest BCUT2D eigenvalue weighted by Gasteiger charge is 2.40. The van der Waals surface area contributed by atoms with Gasteiger partial charge in [-0.25, -0.2) is 0 Å². The molecule has 9 aliphatic heterocycles. The van der Waals surface area contributed by atoms with Crippen LogP contribution in [0.2, 0.25) is 0 Å². The third kappa shape index (κ3) is 37.1. The molecule has 0 radical (unpaired) electrons. The Bertz CT molecular complexity index is 2210. The SMILES string of the molecule is CC(C)(C)[NH+]1CC2CCC(CC2)C1.CC(C)(C)[NH+]1CCCC1.CC(C)(C)[NH+]1CCCC1c1cccnc1.CC(C)(C)[NH+]1CCCCC1.CC(C)(C)[NH+]1CCCCCC1.CC(C)(C)[NH+]1CCNCC1.CC(C)(C)[NH+]1CCOC1.CC(C)(C)[NH+]1CCOCC1.C[NH+](c1ccncc1)C(C)(C)C. The summed E-state index contributed by atoms with van der Waals surface area (Å²) >= 11 is 0. The molecule has 2 bridgehead atoms. The summed E-state index contributed by atoms with van der Waals surface area (Å²) in [5, 5.41) is 3.37. The highest BCUT2D eigenvalue weighted by Crippen LogP contribution is 2.30. The molecule has 10 N–H and O–H groups in total. The van der Waals surface area contributed by atoms with E-state index in [9.17, 15) is 0 Å². The number of nitrogens with zero attached hydrogens (tertiary/aromatic N) is 2. The lowest BCUT2D eigenvalue weighted by Crippen LogP contribution is -3.21. The first-order valence-electron chi connectivity index (χ1n) is 41.1. The number of piperidine rings is 1. The van der Waals surface area contributed by atoms with Crippen LogP contribution in [0.25, 0.3) is 0 Å². The van der Waals surface area contributed by atoms with E-state index in [1.807, 2.05) is 35.8 Å². The van der Waals surface area contributed by atoms with Crippen LogP contribution in [-0.4, -0.2) is 198 Å². The molecule has 10 fully saturated rings. The maximum absolute atomic E-state index is 5.27. The van der Waals surface area contributed by atoms with Crippen molar-refractivity contribution in [3.05, 3.63) is 54.6 Å². The maximum Gasteiger partial charge on any atom is 0.182 e. The van der Waals surface area contributed by atoms with Crippen LogP contribution < -0.4 is 49.4 Å². The topological polar surface area (TPSA) is 96.2 Å². The summed E-state index contributed by atoms with van der Waals surface area (Å²) in [7, 11) is 2.18. The summed E-state index contributed by atoms with van der Waals surface area (Å²) in [6, 6.07) is 9.03. The Kier molecular flexibility index (Phi) is 39.4. The molecule has 99 heavy (non-hydrogen) atoms. The quantitative estimate of drug-likeness (QED) is 0.202. The van der Waals surface area contributed by atoms with Gasteiger partial charge in [0.25, 0.3) is 0 Å². The van der Waals surface area contributed by atoms with Gasteiger partial charge in [-0.2, -0.15) is 0 Å². The van der Waals surface area contributed by atoms with Gasteiger partial charge in [0.1, 0.15) is 38.0 Å². The first kappa shape index (κ1) is 91.0. The number of likely N-dealkylation sites (tertiary alicyclic amines) is 4. The number of fused-ring (bicyclic) bond motifs is 4. The van der Waals surface area contributed by atoms with E-state index >= 15 is 0 Å². The van der Waals surface area contributed by atoms with E-state index in [0.717, 1.165) is 38.4 Å². The summed E-state index contributed by atoms with van der Waals surface area (Å²) in [5.74, 6) is 2.10. The van der Waals surface area contributed by atoms with E-state index in [0.29, 0.717) is 50.4 Å². The minimum absolute atomic E-state index is 0.251. The number of pyridine rings is 2. The fourth-order valence-electron chi connectivity index (χ4n) is 15.8. The molecule has 14 nitrogen and oxygen atoms in total. The van der Waals surface area contributed by atoms with Crippen LogP contribution in [0, 0.1) is 11.8 Å². The summed E-state index contributed by atoms with van der Waals surface area (Å²) in [6.45, 7) is 87.1. The second-order valence-corrected chi connectivity index (χ2v) is 40.7. The number of ether oxygens (including phenoxy) is 2. The Morgan fingerprint density at radius 1 is 0.364 bits per heavy atom. The van der Waals surface area contributed by atoms with E-state index in [1.54, 1.807) is 34.3 Å². The van der Waals surface area contributed by atoms with Gasteiger partial charge in [0.15, 0.2) is 6.73 Å². The Balaban J connectivity index is 0.000000291. The first-order chi connectivity index (χ1) is 45.8. The van der Waals surface area contributed by atoms with Crippen molar-refractivity contribution >= 4 is 5.69 Å². The van der Waals surface area contributed by atoms with Crippen LogP contribution in [0.4, 0.5) is 5.69 Å². The predicted molar refractivity (Wildman–Crippen MR) is 422 cm³/mol. The summed E-state index contributed by atoms with van der Waals surface area (Å²) in [5.41, 5.74) is 6.45. The van der Waals surface area contributed by atoms with Crippen LogP contribution in [0.15, 0.2) is 49.1 Å². The Hall–Kier alpha value is -2.18. The fraction of sp³-hybridized carbons (Fsp3) is 0.882. The number of nitrogens with one attached hydrogen (secondary N) is 10. The van der Waals surface area contributed by atoms with Crippen molar-refractivity contribution in [2.45, 2.75) is 339 Å². The largest absolute Gasteiger partial charge is 0.370 e. The molecule has 11 heterocycles. The van der Waals surface area contributed by atoms with Crippen LogP contribution in [0.5, 0.6) is 0 Å². The highest BCUT2D eigenvalue weighted by atomic mass is 16.5. The van der Waals surface area contributed by atoms with Crippen molar-refractivity contribution < 1.29 is 53.6 Å². The van der Waals surface area contributed by atoms with E-state index < -0.39 is 0 Å². The average molecular weight is 1400 g/mol. The number of morpholine rings is 1. The molecule has 1 saturated carbocycles. The molecule has 14 heteroatoms. The fourth-order valence-corrected chi connectivity index (χ4v) is 15.8. The first-order valence-corrected chi connectivity index (χ1v) is 41.1. The average Bonchev–Trinajstić information content (AvgIpc) is 1.71. The molecule has 4 unspecified atom stereocenters. The Labute approximate surface area is 615 Å². The second kappa shape index (κ2) is 42.8. The van der Waals surface area contributed by atoms with Crippen molar-refractivity contribution in [2.75, 3.05) is 138 Å². The number of piperazine rings is 1. The molecule has 578 valence electrons. The van der Waals surface area contributed by atoms with Crippen LogP contribution in [0.3, 0.4) is 0 Å². The molecule has 2 aromatic rings. The smallest absolute Gasteiger partial charge is 0.182 e. The minimum atomic E-state index is 0.251. The van der Waals surface area contributed by atoms with Crippen LogP contribution >= 0.6 is 0 Å².